The molecule has 21 heavy (non-hydrogen) atoms. The van der Waals surface area contributed by atoms with Crippen molar-refractivity contribution in [2.45, 2.75) is 26.3 Å². The number of anilines is 1. The maximum absolute atomic E-state index is 5.95. The number of benzene rings is 1. The third-order valence-electron chi connectivity index (χ3n) is 3.38. The van der Waals surface area contributed by atoms with E-state index in [1.807, 2.05) is 37.3 Å². The lowest BCUT2D eigenvalue weighted by Gasteiger charge is -2.19. The fourth-order valence-electron chi connectivity index (χ4n) is 2.33. The molecule has 0 unspecified atom stereocenters. The highest BCUT2D eigenvalue weighted by Gasteiger charge is 2.12. The van der Waals surface area contributed by atoms with Crippen molar-refractivity contribution in [1.29, 1.82) is 0 Å². The van der Waals surface area contributed by atoms with Gasteiger partial charge in [0.2, 0.25) is 0 Å². The van der Waals surface area contributed by atoms with Gasteiger partial charge < -0.3 is 5.32 Å². The number of nitrogens with zero attached hydrogens (tertiary/aromatic N) is 4. The monoisotopic (exact) mass is 301 g/mol. The molecule has 2 heterocycles. The number of aromatic nitrogens is 4. The van der Waals surface area contributed by atoms with Crippen molar-refractivity contribution in [1.82, 2.24) is 19.6 Å². The zero-order chi connectivity index (χ0) is 14.8. The van der Waals surface area contributed by atoms with Crippen LogP contribution in [-0.2, 0) is 0 Å². The fraction of sp³-hybridized carbons (Fsp3) is 0.267. The molecule has 0 amide bonds. The highest BCUT2D eigenvalue weighted by Crippen LogP contribution is 2.24. The van der Waals surface area contributed by atoms with Crippen molar-refractivity contribution in [3.8, 4) is 0 Å². The van der Waals surface area contributed by atoms with E-state index in [9.17, 15) is 0 Å². The van der Waals surface area contributed by atoms with E-state index in [4.69, 9.17) is 11.6 Å². The number of nitrogens with one attached hydrogen (secondary N) is 1. The van der Waals surface area contributed by atoms with Gasteiger partial charge in [-0.05, 0) is 31.0 Å². The molecule has 0 saturated carbocycles. The molecular weight excluding hydrogens is 286 g/mol. The van der Waals surface area contributed by atoms with Gasteiger partial charge in [-0.2, -0.15) is 14.6 Å². The summed E-state index contributed by atoms with van der Waals surface area (Å²) in [5, 5.41) is 8.47. The molecule has 3 aromatic rings. The molecule has 1 aromatic carbocycles. The predicted molar refractivity (Wildman–Crippen MR) is 83.6 cm³/mol. The molecule has 0 radical (unpaired) electrons. The van der Waals surface area contributed by atoms with Gasteiger partial charge in [-0.1, -0.05) is 30.7 Å². The Balaban J connectivity index is 1.95. The molecule has 108 valence electrons. The normalized spacial score (nSPS) is 12.5. The van der Waals surface area contributed by atoms with Gasteiger partial charge in [0.25, 0.3) is 5.78 Å². The number of fused-ring (bicyclic) bond motifs is 1. The summed E-state index contributed by atoms with van der Waals surface area (Å²) in [5.74, 6) is 1.49. The molecule has 2 aromatic heterocycles. The summed E-state index contributed by atoms with van der Waals surface area (Å²) in [6, 6.07) is 10.0. The van der Waals surface area contributed by atoms with Gasteiger partial charge in [-0.25, -0.2) is 4.98 Å². The largest absolute Gasteiger partial charge is 0.363 e. The van der Waals surface area contributed by atoms with Crippen molar-refractivity contribution >= 4 is 23.2 Å². The minimum absolute atomic E-state index is 0.177. The van der Waals surface area contributed by atoms with Gasteiger partial charge in [0.1, 0.15) is 12.1 Å². The fourth-order valence-corrected chi connectivity index (χ4v) is 2.45. The lowest BCUT2D eigenvalue weighted by Crippen LogP contribution is -2.13. The van der Waals surface area contributed by atoms with Gasteiger partial charge in [-0.3, -0.25) is 0 Å². The van der Waals surface area contributed by atoms with Crippen LogP contribution in [0.4, 0.5) is 5.82 Å². The molecule has 3 rings (SSSR count). The van der Waals surface area contributed by atoms with E-state index < -0.39 is 0 Å². The van der Waals surface area contributed by atoms with Crippen LogP contribution in [0.1, 0.15) is 30.6 Å². The smallest absolute Gasteiger partial charge is 0.254 e. The number of hydrogen-bond acceptors (Lipinski definition) is 4. The van der Waals surface area contributed by atoms with Crippen LogP contribution < -0.4 is 5.32 Å². The average molecular weight is 302 g/mol. The SMILES string of the molecule is CC[C@H](Nc1cc(C)nc2ncnn12)c1ccc(Cl)cc1. The number of hydrogen-bond donors (Lipinski definition) is 1. The summed E-state index contributed by atoms with van der Waals surface area (Å²) >= 11 is 5.95. The second kappa shape index (κ2) is 5.69. The zero-order valence-electron chi connectivity index (χ0n) is 11.9. The van der Waals surface area contributed by atoms with E-state index in [-0.39, 0.29) is 6.04 Å². The number of halogens is 1. The Hall–Kier alpha value is -2.14. The Kier molecular flexibility index (Phi) is 3.75. The van der Waals surface area contributed by atoms with Gasteiger partial charge in [-0.15, -0.1) is 0 Å². The van der Waals surface area contributed by atoms with Crippen LogP contribution in [0.15, 0.2) is 36.7 Å². The maximum Gasteiger partial charge on any atom is 0.254 e. The summed E-state index contributed by atoms with van der Waals surface area (Å²) in [4.78, 5) is 8.49. The molecule has 1 atom stereocenters. The standard InChI is InChI=1S/C15H16ClN5/c1-3-13(11-4-6-12(16)7-5-11)20-14-8-10(2)19-15-17-9-18-21(14)15/h4-9,13,20H,3H2,1-2H3/t13-/m0/s1. The van der Waals surface area contributed by atoms with Crippen molar-refractivity contribution in [3.63, 3.8) is 0 Å². The van der Waals surface area contributed by atoms with E-state index in [1.165, 1.54) is 11.9 Å². The quantitative estimate of drug-likeness (QED) is 0.799. The predicted octanol–water partition coefficient (Wildman–Crippen LogP) is 3.65. The Labute approximate surface area is 128 Å². The summed E-state index contributed by atoms with van der Waals surface area (Å²) < 4.78 is 1.71. The topological polar surface area (TPSA) is 55.1 Å². The summed E-state index contributed by atoms with van der Waals surface area (Å²) in [6.07, 6.45) is 2.45. The first kappa shape index (κ1) is 13.8. The minimum atomic E-state index is 0.177. The molecule has 0 fully saturated rings. The first-order valence-corrected chi connectivity index (χ1v) is 7.24. The van der Waals surface area contributed by atoms with E-state index in [0.29, 0.717) is 5.78 Å². The van der Waals surface area contributed by atoms with Gasteiger partial charge >= 0.3 is 0 Å². The molecule has 0 aliphatic heterocycles. The lowest BCUT2D eigenvalue weighted by atomic mass is 10.0. The molecule has 0 aliphatic carbocycles. The zero-order valence-corrected chi connectivity index (χ0v) is 12.7. The third-order valence-corrected chi connectivity index (χ3v) is 3.63. The molecular formula is C15H16ClN5. The average Bonchev–Trinajstić information content (AvgIpc) is 2.94. The lowest BCUT2D eigenvalue weighted by molar-refractivity contribution is 0.734. The molecule has 6 heteroatoms. The van der Waals surface area contributed by atoms with Crippen molar-refractivity contribution in [2.75, 3.05) is 5.32 Å². The Morgan fingerprint density at radius 3 is 2.76 bits per heavy atom. The van der Waals surface area contributed by atoms with E-state index >= 15 is 0 Å². The van der Waals surface area contributed by atoms with Crippen LogP contribution in [0.2, 0.25) is 5.02 Å². The molecule has 0 bridgehead atoms. The van der Waals surface area contributed by atoms with Crippen LogP contribution in [0.25, 0.3) is 5.78 Å². The first-order valence-electron chi connectivity index (χ1n) is 6.86. The molecule has 0 saturated heterocycles. The summed E-state index contributed by atoms with van der Waals surface area (Å²) in [5.41, 5.74) is 2.09. The minimum Gasteiger partial charge on any atom is -0.363 e. The number of rotatable bonds is 4. The van der Waals surface area contributed by atoms with E-state index in [1.54, 1.807) is 4.52 Å². The van der Waals surface area contributed by atoms with E-state index in [2.05, 4.69) is 27.3 Å². The molecule has 1 N–H and O–H groups in total. The Bertz CT molecular complexity index is 750. The first-order chi connectivity index (χ1) is 10.2. The second-order valence-corrected chi connectivity index (χ2v) is 5.35. The van der Waals surface area contributed by atoms with E-state index in [0.717, 1.165) is 23.0 Å². The number of aryl methyl sites for hydroxylation is 1. The Morgan fingerprint density at radius 1 is 1.29 bits per heavy atom. The van der Waals surface area contributed by atoms with Crippen molar-refractivity contribution in [2.24, 2.45) is 0 Å². The van der Waals surface area contributed by atoms with Crippen LogP contribution in [-0.4, -0.2) is 19.6 Å². The van der Waals surface area contributed by atoms with Crippen molar-refractivity contribution < 1.29 is 0 Å². The molecule has 0 aliphatic rings. The van der Waals surface area contributed by atoms with Gasteiger partial charge in [0.15, 0.2) is 0 Å². The Morgan fingerprint density at radius 2 is 2.05 bits per heavy atom. The van der Waals surface area contributed by atoms with Gasteiger partial charge in [0.05, 0.1) is 6.04 Å². The second-order valence-electron chi connectivity index (χ2n) is 4.91. The van der Waals surface area contributed by atoms with Crippen molar-refractivity contribution in [3.05, 3.63) is 52.9 Å². The molecule has 5 nitrogen and oxygen atoms in total. The van der Waals surface area contributed by atoms with Crippen LogP contribution >= 0.6 is 11.6 Å². The highest BCUT2D eigenvalue weighted by molar-refractivity contribution is 6.30. The highest BCUT2D eigenvalue weighted by atomic mass is 35.5. The van der Waals surface area contributed by atoms with Crippen LogP contribution in [0.5, 0.6) is 0 Å². The molecule has 0 spiro atoms. The maximum atomic E-state index is 5.95. The summed E-state index contributed by atoms with van der Waals surface area (Å²) in [6.45, 7) is 4.09. The van der Waals surface area contributed by atoms with Crippen LogP contribution in [0, 0.1) is 6.92 Å². The third kappa shape index (κ3) is 2.83. The van der Waals surface area contributed by atoms with Crippen LogP contribution in [0.3, 0.4) is 0 Å². The van der Waals surface area contributed by atoms with Gasteiger partial charge in [0, 0.05) is 16.8 Å². The summed E-state index contributed by atoms with van der Waals surface area (Å²) in [7, 11) is 0.